The molecule has 0 aromatic heterocycles. The van der Waals surface area contributed by atoms with Crippen molar-refractivity contribution >= 4 is 23.7 Å². The first-order valence-electron chi connectivity index (χ1n) is 7.61. The van der Waals surface area contributed by atoms with Crippen molar-refractivity contribution in [3.8, 4) is 5.75 Å². The van der Waals surface area contributed by atoms with Crippen LogP contribution in [-0.2, 0) is 9.59 Å². The molecule has 24 heavy (non-hydrogen) atoms. The summed E-state index contributed by atoms with van der Waals surface area (Å²) in [6.07, 6.45) is 1.53. The Bertz CT molecular complexity index is 774. The van der Waals surface area contributed by atoms with Crippen molar-refractivity contribution in [2.45, 2.75) is 6.42 Å². The molecule has 2 N–H and O–H groups in total. The Balaban J connectivity index is 1.60. The van der Waals surface area contributed by atoms with E-state index in [2.05, 4.69) is 10.5 Å². The van der Waals surface area contributed by atoms with E-state index in [1.165, 1.54) is 12.3 Å². The van der Waals surface area contributed by atoms with E-state index in [0.29, 0.717) is 12.1 Å². The van der Waals surface area contributed by atoms with E-state index in [1.54, 1.807) is 23.1 Å². The fourth-order valence-corrected chi connectivity index (χ4v) is 2.59. The third-order valence-electron chi connectivity index (χ3n) is 3.88. The lowest BCUT2D eigenvalue weighted by molar-refractivity contribution is -0.126. The van der Waals surface area contributed by atoms with Crippen LogP contribution in [0.1, 0.15) is 12.0 Å². The van der Waals surface area contributed by atoms with Crippen LogP contribution in [0.5, 0.6) is 5.75 Å². The number of phenolic OH excluding ortho intramolecular Hbond substituents is 1. The second-order valence-corrected chi connectivity index (χ2v) is 5.53. The summed E-state index contributed by atoms with van der Waals surface area (Å²) in [5.74, 6) is -0.750. The number of carbonyl (C=O) groups is 2. The average Bonchev–Trinajstić information content (AvgIpc) is 2.99. The van der Waals surface area contributed by atoms with Gasteiger partial charge in [0.1, 0.15) is 5.75 Å². The highest BCUT2D eigenvalue weighted by Crippen LogP contribution is 2.24. The molecule has 2 aromatic carbocycles. The van der Waals surface area contributed by atoms with Gasteiger partial charge >= 0.3 is 0 Å². The van der Waals surface area contributed by atoms with E-state index < -0.39 is 5.92 Å². The molecule has 1 aliphatic heterocycles. The molecule has 122 valence electrons. The molecule has 0 radical (unpaired) electrons. The molecule has 0 unspecified atom stereocenters. The van der Waals surface area contributed by atoms with E-state index in [1.807, 2.05) is 30.3 Å². The topological polar surface area (TPSA) is 82.0 Å². The Morgan fingerprint density at radius 3 is 2.62 bits per heavy atom. The number of aromatic hydroxyl groups is 1. The second kappa shape index (κ2) is 6.95. The molecule has 2 aromatic rings. The number of anilines is 1. The summed E-state index contributed by atoms with van der Waals surface area (Å²) < 4.78 is 0. The summed E-state index contributed by atoms with van der Waals surface area (Å²) in [5, 5.41) is 13.5. The normalized spacial score (nSPS) is 17.4. The van der Waals surface area contributed by atoms with Crippen molar-refractivity contribution in [3.63, 3.8) is 0 Å². The molecule has 6 nitrogen and oxygen atoms in total. The zero-order valence-corrected chi connectivity index (χ0v) is 12.9. The number of hydrogen-bond acceptors (Lipinski definition) is 4. The summed E-state index contributed by atoms with van der Waals surface area (Å²) in [7, 11) is 0. The van der Waals surface area contributed by atoms with Crippen LogP contribution in [0.2, 0.25) is 0 Å². The van der Waals surface area contributed by atoms with E-state index in [4.69, 9.17) is 0 Å². The van der Waals surface area contributed by atoms with Crippen LogP contribution in [0.3, 0.4) is 0 Å². The Morgan fingerprint density at radius 2 is 1.88 bits per heavy atom. The number of phenols is 1. The molecule has 3 rings (SSSR count). The van der Waals surface area contributed by atoms with Crippen LogP contribution in [-0.4, -0.2) is 29.7 Å². The Labute approximate surface area is 139 Å². The number of nitrogens with zero attached hydrogens (tertiary/aromatic N) is 2. The molecule has 1 fully saturated rings. The smallest absolute Gasteiger partial charge is 0.245 e. The van der Waals surface area contributed by atoms with Gasteiger partial charge in [0.2, 0.25) is 11.8 Å². The largest absolute Gasteiger partial charge is 0.507 e. The maximum absolute atomic E-state index is 12.2. The van der Waals surface area contributed by atoms with Gasteiger partial charge in [-0.3, -0.25) is 9.59 Å². The molecule has 0 saturated carbocycles. The minimum atomic E-state index is -0.445. The zero-order chi connectivity index (χ0) is 16.9. The average molecular weight is 323 g/mol. The summed E-state index contributed by atoms with van der Waals surface area (Å²) >= 11 is 0. The van der Waals surface area contributed by atoms with Gasteiger partial charge in [-0.15, -0.1) is 0 Å². The molecule has 2 amide bonds. The van der Waals surface area contributed by atoms with Crippen LogP contribution in [0.4, 0.5) is 5.69 Å². The van der Waals surface area contributed by atoms with E-state index in [9.17, 15) is 14.7 Å². The molecule has 0 bridgehead atoms. The van der Waals surface area contributed by atoms with Crippen molar-refractivity contribution in [3.05, 3.63) is 60.2 Å². The van der Waals surface area contributed by atoms with Crippen LogP contribution < -0.4 is 10.3 Å². The van der Waals surface area contributed by atoms with Gasteiger partial charge in [0.15, 0.2) is 0 Å². The van der Waals surface area contributed by atoms with Gasteiger partial charge in [-0.25, -0.2) is 5.43 Å². The quantitative estimate of drug-likeness (QED) is 0.666. The fourth-order valence-electron chi connectivity index (χ4n) is 2.59. The highest BCUT2D eigenvalue weighted by molar-refractivity contribution is 6.00. The first-order chi connectivity index (χ1) is 11.6. The molecule has 6 heteroatoms. The van der Waals surface area contributed by atoms with Gasteiger partial charge in [-0.1, -0.05) is 30.3 Å². The van der Waals surface area contributed by atoms with E-state index in [0.717, 1.165) is 5.69 Å². The van der Waals surface area contributed by atoms with Crippen LogP contribution >= 0.6 is 0 Å². The predicted molar refractivity (Wildman–Crippen MR) is 90.7 cm³/mol. The van der Waals surface area contributed by atoms with E-state index >= 15 is 0 Å². The Hall–Kier alpha value is -3.15. The lowest BCUT2D eigenvalue weighted by atomic mass is 10.1. The molecular weight excluding hydrogens is 306 g/mol. The first kappa shape index (κ1) is 15.7. The summed E-state index contributed by atoms with van der Waals surface area (Å²) in [5.41, 5.74) is 3.73. The molecule has 0 aliphatic carbocycles. The van der Waals surface area contributed by atoms with Gasteiger partial charge in [0.05, 0.1) is 12.1 Å². The molecule has 1 atom stereocenters. The molecule has 1 saturated heterocycles. The number of hydrogen-bond donors (Lipinski definition) is 2. The maximum atomic E-state index is 12.2. The second-order valence-electron chi connectivity index (χ2n) is 5.53. The number of nitrogens with one attached hydrogen (secondary N) is 1. The lowest BCUT2D eigenvalue weighted by Crippen LogP contribution is -2.30. The van der Waals surface area contributed by atoms with Gasteiger partial charge in [0.25, 0.3) is 0 Å². The lowest BCUT2D eigenvalue weighted by Gasteiger charge is -2.16. The SMILES string of the molecule is O=C(N/N=C\c1ccccc1O)[C@H]1CC(=O)N(c2ccccc2)C1. The first-order valence-corrected chi connectivity index (χ1v) is 7.61. The van der Waals surface area contributed by atoms with Crippen molar-refractivity contribution < 1.29 is 14.7 Å². The molecular formula is C18H17N3O3. The summed E-state index contributed by atoms with van der Waals surface area (Å²) in [4.78, 5) is 25.9. The van der Waals surface area contributed by atoms with Gasteiger partial charge in [-0.05, 0) is 24.3 Å². The van der Waals surface area contributed by atoms with Crippen molar-refractivity contribution in [1.82, 2.24) is 5.43 Å². The standard InChI is InChI=1S/C18H17N3O3/c22-16-9-5-4-6-13(16)11-19-20-18(24)14-10-17(23)21(12-14)15-7-2-1-3-8-15/h1-9,11,14,22H,10,12H2,(H,20,24)/b19-11-/t14-/m0/s1. The van der Waals surface area contributed by atoms with E-state index in [-0.39, 0.29) is 24.0 Å². The number of amides is 2. The Morgan fingerprint density at radius 1 is 1.17 bits per heavy atom. The monoisotopic (exact) mass is 323 g/mol. The third kappa shape index (κ3) is 3.43. The number of rotatable bonds is 4. The third-order valence-corrected chi connectivity index (χ3v) is 3.88. The number of benzene rings is 2. The van der Waals surface area contributed by atoms with Gasteiger partial charge in [-0.2, -0.15) is 5.10 Å². The van der Waals surface area contributed by atoms with Crippen LogP contribution in [0.15, 0.2) is 59.7 Å². The summed E-state index contributed by atoms with van der Waals surface area (Å²) in [6, 6.07) is 16.0. The minimum absolute atomic E-state index is 0.0777. The van der Waals surface area contributed by atoms with Crippen molar-refractivity contribution in [1.29, 1.82) is 0 Å². The number of carbonyl (C=O) groups excluding carboxylic acids is 2. The fraction of sp³-hybridized carbons (Fsp3) is 0.167. The highest BCUT2D eigenvalue weighted by Gasteiger charge is 2.34. The number of para-hydroxylation sites is 2. The van der Waals surface area contributed by atoms with Crippen LogP contribution in [0.25, 0.3) is 0 Å². The van der Waals surface area contributed by atoms with Crippen molar-refractivity contribution in [2.24, 2.45) is 11.0 Å². The Kier molecular flexibility index (Phi) is 4.56. The maximum Gasteiger partial charge on any atom is 0.245 e. The van der Waals surface area contributed by atoms with Crippen molar-refractivity contribution in [2.75, 3.05) is 11.4 Å². The molecule has 1 aliphatic rings. The predicted octanol–water partition coefficient (Wildman–Crippen LogP) is 1.90. The molecule has 0 spiro atoms. The zero-order valence-electron chi connectivity index (χ0n) is 12.9. The minimum Gasteiger partial charge on any atom is -0.507 e. The number of hydrazone groups is 1. The highest BCUT2D eigenvalue weighted by atomic mass is 16.3. The molecule has 1 heterocycles. The summed E-state index contributed by atoms with van der Waals surface area (Å²) in [6.45, 7) is 0.334. The van der Waals surface area contributed by atoms with Gasteiger partial charge in [0, 0.05) is 24.2 Å². The van der Waals surface area contributed by atoms with Gasteiger partial charge < -0.3 is 10.0 Å². The van der Waals surface area contributed by atoms with Crippen LogP contribution in [0, 0.1) is 5.92 Å².